The van der Waals surface area contributed by atoms with E-state index >= 15 is 0 Å². The Hall–Kier alpha value is -0.800. The van der Waals surface area contributed by atoms with Crippen LogP contribution >= 0.6 is 22.9 Å². The molecule has 74 valence electrons. The van der Waals surface area contributed by atoms with E-state index in [-0.39, 0.29) is 11.8 Å². The van der Waals surface area contributed by atoms with E-state index < -0.39 is 0 Å². The first-order chi connectivity index (χ1) is 6.74. The van der Waals surface area contributed by atoms with E-state index in [0.717, 1.165) is 12.1 Å². The number of amides is 1. The van der Waals surface area contributed by atoms with Crippen LogP contribution in [0, 0.1) is 5.92 Å². The molecule has 0 bridgehead atoms. The number of halogens is 1. The number of carbonyl (C=O) groups is 1. The molecule has 1 atom stereocenters. The van der Waals surface area contributed by atoms with Crippen molar-refractivity contribution in [3.05, 3.63) is 35.3 Å². The van der Waals surface area contributed by atoms with Crippen molar-refractivity contribution < 1.29 is 4.79 Å². The van der Waals surface area contributed by atoms with Crippen molar-refractivity contribution in [1.82, 2.24) is 3.53 Å². The number of primary amides is 1. The van der Waals surface area contributed by atoms with Gasteiger partial charge in [0.15, 0.2) is 0 Å². The summed E-state index contributed by atoms with van der Waals surface area (Å²) in [6.07, 6.45) is 5.91. The van der Waals surface area contributed by atoms with E-state index in [0.29, 0.717) is 6.42 Å². The Morgan fingerprint density at radius 1 is 1.64 bits per heavy atom. The fourth-order valence-corrected chi connectivity index (χ4v) is 1.79. The van der Waals surface area contributed by atoms with Crippen molar-refractivity contribution in [3.8, 4) is 0 Å². The first-order valence-corrected chi connectivity index (χ1v) is 5.31. The Kier molecular flexibility index (Phi) is 4.70. The lowest BCUT2D eigenvalue weighted by molar-refractivity contribution is -0.118. The molecular formula is C10H11IN2O. The topological polar surface area (TPSA) is 55.1 Å². The lowest BCUT2D eigenvalue weighted by Crippen LogP contribution is -2.23. The Morgan fingerprint density at radius 3 is 2.93 bits per heavy atom. The van der Waals surface area contributed by atoms with E-state index in [4.69, 9.17) is 5.73 Å². The third-order valence-electron chi connectivity index (χ3n) is 1.92. The summed E-state index contributed by atoms with van der Waals surface area (Å²) >= 11 is 2.06. The van der Waals surface area contributed by atoms with Crippen molar-refractivity contribution >= 4 is 28.8 Å². The highest BCUT2D eigenvalue weighted by molar-refractivity contribution is 14.1. The molecule has 1 unspecified atom stereocenters. The quantitative estimate of drug-likeness (QED) is 0.456. The molecule has 0 saturated carbocycles. The minimum absolute atomic E-state index is 0.121. The summed E-state index contributed by atoms with van der Waals surface area (Å²) in [7, 11) is 0. The standard InChI is InChI=1S/C10H11IN2O/c11-13-7-9(6-10(12)14)8-4-2-1-3-5-8/h2,4-5,9,13H,6-7H2,(H2,12,14). The van der Waals surface area contributed by atoms with E-state index in [2.05, 4.69) is 37.9 Å². The summed E-state index contributed by atoms with van der Waals surface area (Å²) in [6.45, 7) is 0.724. The Morgan fingerprint density at radius 2 is 2.43 bits per heavy atom. The van der Waals surface area contributed by atoms with Crippen LogP contribution < -0.4 is 9.26 Å². The van der Waals surface area contributed by atoms with Gasteiger partial charge in [-0.15, -0.1) is 0 Å². The van der Waals surface area contributed by atoms with Crippen LogP contribution in [0.25, 0.3) is 0 Å². The number of hydrogen-bond acceptors (Lipinski definition) is 2. The molecule has 1 amide bonds. The molecule has 1 aliphatic rings. The largest absolute Gasteiger partial charge is 0.370 e. The molecule has 1 aliphatic carbocycles. The van der Waals surface area contributed by atoms with E-state index in [1.54, 1.807) is 6.08 Å². The van der Waals surface area contributed by atoms with Crippen molar-refractivity contribution in [2.75, 3.05) is 6.54 Å². The Labute approximate surface area is 96.9 Å². The molecule has 0 fully saturated rings. The molecule has 0 aliphatic heterocycles. The van der Waals surface area contributed by atoms with Crippen LogP contribution in [-0.4, -0.2) is 12.5 Å². The highest BCUT2D eigenvalue weighted by atomic mass is 127. The van der Waals surface area contributed by atoms with Crippen LogP contribution in [0.3, 0.4) is 0 Å². The molecule has 0 heterocycles. The van der Waals surface area contributed by atoms with Gasteiger partial charge < -0.3 is 5.73 Å². The SMILES string of the molecule is NC(=O)CC(CNI)C1=CC=C=C=C1. The summed E-state index contributed by atoms with van der Waals surface area (Å²) in [5.74, 6) is -0.162. The molecule has 0 radical (unpaired) electrons. The smallest absolute Gasteiger partial charge is 0.218 e. The highest BCUT2D eigenvalue weighted by Gasteiger charge is 2.14. The lowest BCUT2D eigenvalue weighted by atomic mass is 9.94. The van der Waals surface area contributed by atoms with Crippen LogP contribution in [0.2, 0.25) is 0 Å². The maximum absolute atomic E-state index is 10.8. The monoisotopic (exact) mass is 302 g/mol. The number of rotatable bonds is 5. The van der Waals surface area contributed by atoms with Crippen LogP contribution in [0.5, 0.6) is 0 Å². The van der Waals surface area contributed by atoms with Crippen molar-refractivity contribution in [2.24, 2.45) is 11.7 Å². The first-order valence-electron chi connectivity index (χ1n) is 4.23. The number of nitrogens with one attached hydrogen (secondary N) is 1. The fraction of sp³-hybridized carbons (Fsp3) is 0.300. The number of nitrogens with two attached hydrogens (primary N) is 1. The predicted molar refractivity (Wildman–Crippen MR) is 63.6 cm³/mol. The average Bonchev–Trinajstić information content (AvgIpc) is 2.18. The number of allylic oxidation sites excluding steroid dienone is 3. The highest BCUT2D eigenvalue weighted by Crippen LogP contribution is 2.17. The van der Waals surface area contributed by atoms with Gasteiger partial charge in [0, 0.05) is 41.7 Å². The van der Waals surface area contributed by atoms with Crippen LogP contribution in [0.1, 0.15) is 6.42 Å². The molecule has 0 aromatic carbocycles. The molecule has 0 aromatic rings. The summed E-state index contributed by atoms with van der Waals surface area (Å²) < 4.78 is 3.01. The van der Waals surface area contributed by atoms with Crippen LogP contribution in [0.15, 0.2) is 35.3 Å². The van der Waals surface area contributed by atoms with Crippen molar-refractivity contribution in [3.63, 3.8) is 0 Å². The molecule has 14 heavy (non-hydrogen) atoms. The Bertz CT molecular complexity index is 347. The molecule has 4 heteroatoms. The number of hydrogen-bond donors (Lipinski definition) is 2. The average molecular weight is 302 g/mol. The van der Waals surface area contributed by atoms with Gasteiger partial charge in [0.05, 0.1) is 0 Å². The summed E-state index contributed by atoms with van der Waals surface area (Å²) in [4.78, 5) is 10.8. The molecular weight excluding hydrogens is 291 g/mol. The van der Waals surface area contributed by atoms with Crippen molar-refractivity contribution in [2.45, 2.75) is 6.42 Å². The van der Waals surface area contributed by atoms with Gasteiger partial charge in [0.25, 0.3) is 0 Å². The fourth-order valence-electron chi connectivity index (χ4n) is 1.26. The molecule has 1 rings (SSSR count). The van der Waals surface area contributed by atoms with Gasteiger partial charge in [0.1, 0.15) is 0 Å². The molecule has 0 saturated heterocycles. The second kappa shape index (κ2) is 5.83. The van der Waals surface area contributed by atoms with Gasteiger partial charge in [-0.1, -0.05) is 11.5 Å². The minimum atomic E-state index is -0.283. The summed E-state index contributed by atoms with van der Waals surface area (Å²) in [5.41, 5.74) is 11.9. The predicted octanol–water partition coefficient (Wildman–Crippen LogP) is 1.22. The van der Waals surface area contributed by atoms with E-state index in [1.165, 1.54) is 0 Å². The van der Waals surface area contributed by atoms with Gasteiger partial charge in [-0.2, -0.15) is 0 Å². The maximum Gasteiger partial charge on any atom is 0.218 e. The molecule has 0 spiro atoms. The van der Waals surface area contributed by atoms with E-state index in [1.807, 2.05) is 12.2 Å². The lowest BCUT2D eigenvalue weighted by Gasteiger charge is -2.15. The van der Waals surface area contributed by atoms with Crippen molar-refractivity contribution in [1.29, 1.82) is 0 Å². The summed E-state index contributed by atoms with van der Waals surface area (Å²) in [6, 6.07) is 0. The Balaban J connectivity index is 2.68. The van der Waals surface area contributed by atoms with Gasteiger partial charge in [0.2, 0.25) is 5.91 Å². The van der Waals surface area contributed by atoms with Crippen LogP contribution in [0.4, 0.5) is 0 Å². The third-order valence-corrected chi connectivity index (χ3v) is 2.36. The molecule has 3 N–H and O–H groups in total. The first kappa shape index (κ1) is 11.3. The minimum Gasteiger partial charge on any atom is -0.370 e. The maximum atomic E-state index is 10.8. The van der Waals surface area contributed by atoms with Gasteiger partial charge in [-0.3, -0.25) is 8.32 Å². The van der Waals surface area contributed by atoms with Gasteiger partial charge in [-0.25, -0.2) is 0 Å². The number of carbonyl (C=O) groups excluding carboxylic acids is 1. The van der Waals surface area contributed by atoms with Crippen LogP contribution in [-0.2, 0) is 4.79 Å². The second-order valence-electron chi connectivity index (χ2n) is 2.97. The zero-order valence-corrected chi connectivity index (χ0v) is 9.74. The molecule has 0 aromatic heterocycles. The third kappa shape index (κ3) is 3.52. The van der Waals surface area contributed by atoms with Gasteiger partial charge >= 0.3 is 0 Å². The molecule has 3 nitrogen and oxygen atoms in total. The summed E-state index contributed by atoms with van der Waals surface area (Å²) in [5, 5.41) is 0. The zero-order chi connectivity index (χ0) is 10.4. The second-order valence-corrected chi connectivity index (χ2v) is 3.73. The van der Waals surface area contributed by atoms with E-state index in [9.17, 15) is 4.79 Å². The normalized spacial score (nSPS) is 15.4. The zero-order valence-electron chi connectivity index (χ0n) is 7.59. The van der Waals surface area contributed by atoms with Gasteiger partial charge in [-0.05, 0) is 23.8 Å².